The van der Waals surface area contributed by atoms with E-state index in [1.807, 2.05) is 37.3 Å². The SMILES string of the molecule is CC(=O)SC(C(=O)Nc1cccc(C(=O)OCCN2CCCCC2)c1)C(C)c1ccccc1. The van der Waals surface area contributed by atoms with Crippen LogP contribution < -0.4 is 5.32 Å². The molecule has 0 spiro atoms. The number of carbonyl (C=O) groups is 3. The van der Waals surface area contributed by atoms with E-state index >= 15 is 0 Å². The summed E-state index contributed by atoms with van der Waals surface area (Å²) >= 11 is 1.02. The molecule has 1 N–H and O–H groups in total. The molecule has 0 saturated carbocycles. The van der Waals surface area contributed by atoms with Gasteiger partial charge in [0.05, 0.1) is 10.8 Å². The number of likely N-dealkylation sites (tertiary alicyclic amines) is 1. The van der Waals surface area contributed by atoms with Crippen LogP contribution in [0.1, 0.15) is 54.9 Å². The molecule has 3 rings (SSSR count). The minimum atomic E-state index is -0.593. The van der Waals surface area contributed by atoms with Gasteiger partial charge in [-0.05, 0) is 49.7 Å². The molecule has 2 aromatic rings. The summed E-state index contributed by atoms with van der Waals surface area (Å²) in [6.07, 6.45) is 3.66. The molecular formula is C26H32N2O4S. The molecule has 2 atom stereocenters. The Labute approximate surface area is 200 Å². The first-order valence-corrected chi connectivity index (χ1v) is 12.3. The minimum Gasteiger partial charge on any atom is -0.461 e. The van der Waals surface area contributed by atoms with E-state index < -0.39 is 11.2 Å². The standard InChI is InChI=1S/C26H32N2O4S/c1-19(21-10-5-3-6-11-21)24(33-20(2)29)25(30)27-23-13-9-12-22(18-23)26(31)32-17-16-28-14-7-4-8-15-28/h3,5-6,9-13,18-19,24H,4,7-8,14-17H2,1-2H3,(H,27,30). The quantitative estimate of drug-likeness (QED) is 0.537. The van der Waals surface area contributed by atoms with Crippen LogP contribution >= 0.6 is 11.8 Å². The van der Waals surface area contributed by atoms with E-state index in [0.29, 0.717) is 17.9 Å². The van der Waals surface area contributed by atoms with Crippen LogP contribution in [0.5, 0.6) is 0 Å². The number of esters is 1. The molecule has 0 bridgehead atoms. The average molecular weight is 469 g/mol. The van der Waals surface area contributed by atoms with Crippen molar-refractivity contribution in [1.82, 2.24) is 4.90 Å². The molecule has 2 aromatic carbocycles. The third kappa shape index (κ3) is 7.72. The first-order valence-electron chi connectivity index (χ1n) is 11.5. The number of amides is 1. The molecular weight excluding hydrogens is 436 g/mol. The lowest BCUT2D eigenvalue weighted by Gasteiger charge is -2.25. The summed E-state index contributed by atoms with van der Waals surface area (Å²) < 4.78 is 5.44. The molecule has 1 saturated heterocycles. The van der Waals surface area contributed by atoms with Crippen molar-refractivity contribution < 1.29 is 19.1 Å². The number of hydrogen-bond donors (Lipinski definition) is 1. The lowest BCUT2D eigenvalue weighted by atomic mass is 9.97. The second-order valence-corrected chi connectivity index (χ2v) is 9.66. The molecule has 7 heteroatoms. The predicted octanol–water partition coefficient (Wildman–Crippen LogP) is 4.72. The Morgan fingerprint density at radius 2 is 1.76 bits per heavy atom. The van der Waals surface area contributed by atoms with Crippen LogP contribution in [0, 0.1) is 0 Å². The highest BCUT2D eigenvalue weighted by Gasteiger charge is 2.28. The molecule has 176 valence electrons. The number of thioether (sulfide) groups is 1. The van der Waals surface area contributed by atoms with Crippen molar-refractivity contribution in [3.8, 4) is 0 Å². The third-order valence-electron chi connectivity index (χ3n) is 5.79. The van der Waals surface area contributed by atoms with Crippen LogP contribution in [0.2, 0.25) is 0 Å². The number of nitrogens with one attached hydrogen (secondary N) is 1. The fraction of sp³-hybridized carbons (Fsp3) is 0.423. The fourth-order valence-corrected chi connectivity index (χ4v) is 4.85. The summed E-state index contributed by atoms with van der Waals surface area (Å²) in [5.41, 5.74) is 1.87. The number of benzene rings is 2. The van der Waals surface area contributed by atoms with Crippen molar-refractivity contribution in [3.63, 3.8) is 0 Å². The molecule has 33 heavy (non-hydrogen) atoms. The normalized spacial score (nSPS) is 15.9. The van der Waals surface area contributed by atoms with E-state index in [2.05, 4.69) is 10.2 Å². The number of nitrogens with zero attached hydrogens (tertiary/aromatic N) is 1. The van der Waals surface area contributed by atoms with Gasteiger partial charge in [-0.2, -0.15) is 0 Å². The first kappa shape index (κ1) is 25.0. The molecule has 0 radical (unpaired) electrons. The highest BCUT2D eigenvalue weighted by atomic mass is 32.2. The first-order chi connectivity index (χ1) is 15.9. The Morgan fingerprint density at radius 3 is 2.45 bits per heavy atom. The number of piperidine rings is 1. The van der Waals surface area contributed by atoms with Crippen LogP contribution in [0.15, 0.2) is 54.6 Å². The summed E-state index contributed by atoms with van der Waals surface area (Å²) in [5.74, 6) is -0.847. The zero-order valence-electron chi connectivity index (χ0n) is 19.3. The monoisotopic (exact) mass is 468 g/mol. The molecule has 2 unspecified atom stereocenters. The van der Waals surface area contributed by atoms with E-state index in [1.54, 1.807) is 24.3 Å². The molecule has 1 aliphatic heterocycles. The van der Waals surface area contributed by atoms with Gasteiger partial charge in [0.1, 0.15) is 6.61 Å². The van der Waals surface area contributed by atoms with Crippen molar-refractivity contribution >= 4 is 34.4 Å². The minimum absolute atomic E-state index is 0.121. The van der Waals surface area contributed by atoms with E-state index in [4.69, 9.17) is 4.74 Å². The number of carbonyl (C=O) groups excluding carboxylic acids is 3. The third-order valence-corrected chi connectivity index (χ3v) is 6.99. The van der Waals surface area contributed by atoms with Crippen LogP contribution in [-0.2, 0) is 14.3 Å². The second-order valence-electron chi connectivity index (χ2n) is 8.34. The van der Waals surface area contributed by atoms with Gasteiger partial charge in [0.15, 0.2) is 5.12 Å². The smallest absolute Gasteiger partial charge is 0.338 e. The lowest BCUT2D eigenvalue weighted by Crippen LogP contribution is -2.33. The zero-order chi connectivity index (χ0) is 23.6. The molecule has 0 aromatic heterocycles. The molecule has 1 aliphatic rings. The Kier molecular flexibility index (Phi) is 9.51. The van der Waals surface area contributed by atoms with Crippen molar-refractivity contribution in [1.29, 1.82) is 0 Å². The largest absolute Gasteiger partial charge is 0.461 e. The fourth-order valence-electron chi connectivity index (χ4n) is 3.96. The van der Waals surface area contributed by atoms with Crippen LogP contribution in [0.4, 0.5) is 5.69 Å². The molecule has 1 fully saturated rings. The van der Waals surface area contributed by atoms with Gasteiger partial charge in [0.2, 0.25) is 5.91 Å². The summed E-state index contributed by atoms with van der Waals surface area (Å²) in [5, 5.41) is 2.16. The van der Waals surface area contributed by atoms with Crippen LogP contribution in [0.25, 0.3) is 0 Å². The molecule has 6 nitrogen and oxygen atoms in total. The number of anilines is 1. The topological polar surface area (TPSA) is 75.7 Å². The number of hydrogen-bond acceptors (Lipinski definition) is 6. The highest BCUT2D eigenvalue weighted by molar-refractivity contribution is 8.14. The van der Waals surface area contributed by atoms with Crippen molar-refractivity contribution in [2.24, 2.45) is 0 Å². The van der Waals surface area contributed by atoms with Gasteiger partial charge in [-0.3, -0.25) is 14.5 Å². The molecule has 0 aliphatic carbocycles. The Morgan fingerprint density at radius 1 is 1.03 bits per heavy atom. The van der Waals surface area contributed by atoms with Gasteiger partial charge in [-0.1, -0.05) is 61.5 Å². The number of ether oxygens (including phenoxy) is 1. The Bertz CT molecular complexity index is 944. The summed E-state index contributed by atoms with van der Waals surface area (Å²) in [7, 11) is 0. The van der Waals surface area contributed by atoms with E-state index in [9.17, 15) is 14.4 Å². The maximum absolute atomic E-state index is 13.1. The Balaban J connectivity index is 1.61. The lowest BCUT2D eigenvalue weighted by molar-refractivity contribution is -0.116. The summed E-state index contributed by atoms with van der Waals surface area (Å²) in [6.45, 7) is 6.60. The second kappa shape index (κ2) is 12.6. The maximum Gasteiger partial charge on any atom is 0.338 e. The van der Waals surface area contributed by atoms with E-state index in [-0.39, 0.29) is 16.9 Å². The van der Waals surface area contributed by atoms with Gasteiger partial charge in [0.25, 0.3) is 0 Å². The van der Waals surface area contributed by atoms with E-state index in [0.717, 1.165) is 37.0 Å². The Hall–Kier alpha value is -2.64. The predicted molar refractivity (Wildman–Crippen MR) is 133 cm³/mol. The van der Waals surface area contributed by atoms with Crippen molar-refractivity contribution in [2.75, 3.05) is 31.6 Å². The summed E-state index contributed by atoms with van der Waals surface area (Å²) in [4.78, 5) is 39.7. The van der Waals surface area contributed by atoms with Crippen LogP contribution in [-0.4, -0.2) is 53.4 Å². The van der Waals surface area contributed by atoms with Crippen LogP contribution in [0.3, 0.4) is 0 Å². The van der Waals surface area contributed by atoms with Gasteiger partial charge in [0, 0.05) is 25.1 Å². The zero-order valence-corrected chi connectivity index (χ0v) is 20.1. The highest BCUT2D eigenvalue weighted by Crippen LogP contribution is 2.30. The number of rotatable bonds is 9. The van der Waals surface area contributed by atoms with Gasteiger partial charge in [-0.15, -0.1) is 0 Å². The molecule has 1 amide bonds. The van der Waals surface area contributed by atoms with Crippen molar-refractivity contribution in [2.45, 2.75) is 44.3 Å². The van der Waals surface area contributed by atoms with E-state index in [1.165, 1.54) is 26.2 Å². The summed E-state index contributed by atoms with van der Waals surface area (Å²) in [6, 6.07) is 16.4. The van der Waals surface area contributed by atoms with Crippen molar-refractivity contribution in [3.05, 3.63) is 65.7 Å². The average Bonchev–Trinajstić information content (AvgIpc) is 2.83. The van der Waals surface area contributed by atoms with Gasteiger partial charge >= 0.3 is 5.97 Å². The van der Waals surface area contributed by atoms with Gasteiger partial charge < -0.3 is 10.1 Å². The maximum atomic E-state index is 13.1. The van der Waals surface area contributed by atoms with Gasteiger partial charge in [-0.25, -0.2) is 4.79 Å². The molecule has 1 heterocycles.